The van der Waals surface area contributed by atoms with Crippen LogP contribution in [0.1, 0.15) is 27.2 Å². The molecule has 1 aliphatic carbocycles. The molecule has 0 aromatic rings. The molecule has 0 radical (unpaired) electrons. The second kappa shape index (κ2) is 6.45. The van der Waals surface area contributed by atoms with Crippen LogP contribution in [0.2, 0.25) is 0 Å². The summed E-state index contributed by atoms with van der Waals surface area (Å²) in [6.45, 7) is 5.31. The van der Waals surface area contributed by atoms with Crippen LogP contribution in [0.5, 0.6) is 0 Å². The van der Waals surface area contributed by atoms with Gasteiger partial charge >= 0.3 is 5.97 Å². The van der Waals surface area contributed by atoms with Crippen LogP contribution in [-0.2, 0) is 9.53 Å². The van der Waals surface area contributed by atoms with Gasteiger partial charge in [0.2, 0.25) is 0 Å². The minimum absolute atomic E-state index is 0.257. The molecule has 0 fully saturated rings. The first-order chi connectivity index (χ1) is 8.73. The second-order valence-electron chi connectivity index (χ2n) is 5.41. The smallest absolute Gasteiger partial charge is 0.324 e. The molecule has 0 aromatic carbocycles. The molecule has 0 aromatic heterocycles. The van der Waals surface area contributed by atoms with Crippen molar-refractivity contribution in [1.29, 1.82) is 5.26 Å². The van der Waals surface area contributed by atoms with Gasteiger partial charge in [-0.25, -0.2) is 0 Å². The summed E-state index contributed by atoms with van der Waals surface area (Å²) in [6.07, 6.45) is 5.62. The Morgan fingerprint density at radius 2 is 2.11 bits per heavy atom. The Morgan fingerprint density at radius 1 is 1.47 bits per heavy atom. The second-order valence-corrected chi connectivity index (χ2v) is 6.42. The van der Waals surface area contributed by atoms with Gasteiger partial charge in [-0.15, -0.1) is 23.2 Å². The molecule has 1 rings (SSSR count). The van der Waals surface area contributed by atoms with Crippen molar-refractivity contribution in [2.75, 3.05) is 0 Å². The number of carbonyl (C=O) groups excluding carboxylic acids is 1. The third kappa shape index (κ3) is 5.26. The molecule has 0 heterocycles. The molecule has 0 spiro atoms. The molecule has 0 N–H and O–H groups in total. The van der Waals surface area contributed by atoms with Crippen LogP contribution in [0.4, 0.5) is 0 Å². The number of carbonyl (C=O) groups is 1. The normalized spacial score (nSPS) is 24.3. The van der Waals surface area contributed by atoms with Crippen molar-refractivity contribution in [1.82, 2.24) is 0 Å². The Labute approximate surface area is 123 Å². The van der Waals surface area contributed by atoms with Crippen molar-refractivity contribution in [3.8, 4) is 6.07 Å². The van der Waals surface area contributed by atoms with E-state index in [4.69, 9.17) is 33.2 Å². The fourth-order valence-electron chi connectivity index (χ4n) is 1.60. The van der Waals surface area contributed by atoms with Gasteiger partial charge in [-0.05, 0) is 32.8 Å². The fourth-order valence-corrected chi connectivity index (χ4v) is 1.99. The average Bonchev–Trinajstić information content (AvgIpc) is 2.28. The number of hydrogen-bond acceptors (Lipinski definition) is 3. The highest BCUT2D eigenvalue weighted by molar-refractivity contribution is 6.31. The molecule has 0 saturated heterocycles. The maximum atomic E-state index is 11.9. The SMILES string of the molecule is CC(C)(C)OC(=O)C(C#N)CC1=CC(Cl)C(Cl)C=C1. The number of hydrogen-bond donors (Lipinski definition) is 0. The lowest BCUT2D eigenvalue weighted by Gasteiger charge is -2.22. The largest absolute Gasteiger partial charge is 0.459 e. The van der Waals surface area contributed by atoms with E-state index in [-0.39, 0.29) is 17.2 Å². The lowest BCUT2D eigenvalue weighted by molar-refractivity contribution is -0.157. The molecule has 3 unspecified atom stereocenters. The average molecular weight is 302 g/mol. The van der Waals surface area contributed by atoms with Crippen LogP contribution < -0.4 is 0 Å². The zero-order valence-corrected chi connectivity index (χ0v) is 12.7. The lowest BCUT2D eigenvalue weighted by atomic mass is 9.96. The van der Waals surface area contributed by atoms with E-state index in [1.807, 2.05) is 6.07 Å². The first-order valence-electron chi connectivity index (χ1n) is 6.02. The van der Waals surface area contributed by atoms with Gasteiger partial charge in [-0.3, -0.25) is 4.79 Å². The molecule has 0 bridgehead atoms. The number of allylic oxidation sites excluding steroid dienone is 4. The van der Waals surface area contributed by atoms with Gasteiger partial charge in [-0.1, -0.05) is 18.2 Å². The standard InChI is InChI=1S/C14H17Cl2NO2/c1-14(2,3)19-13(18)10(8-17)6-9-4-5-11(15)12(16)7-9/h4-5,7,10-12H,6H2,1-3H3. The predicted molar refractivity (Wildman–Crippen MR) is 76.1 cm³/mol. The number of nitrogens with zero attached hydrogens (tertiary/aromatic N) is 1. The minimum Gasteiger partial charge on any atom is -0.459 e. The predicted octanol–water partition coefficient (Wildman–Crippen LogP) is 3.57. The van der Waals surface area contributed by atoms with E-state index >= 15 is 0 Å². The van der Waals surface area contributed by atoms with Crippen LogP contribution >= 0.6 is 23.2 Å². The third-order valence-electron chi connectivity index (χ3n) is 2.46. The first-order valence-corrected chi connectivity index (χ1v) is 6.90. The van der Waals surface area contributed by atoms with Crippen LogP contribution in [0.25, 0.3) is 0 Å². The summed E-state index contributed by atoms with van der Waals surface area (Å²) in [5, 5.41) is 8.50. The van der Waals surface area contributed by atoms with E-state index in [1.165, 1.54) is 0 Å². The van der Waals surface area contributed by atoms with Gasteiger partial charge in [0.15, 0.2) is 0 Å². The number of rotatable bonds is 3. The van der Waals surface area contributed by atoms with Crippen LogP contribution in [0.15, 0.2) is 23.8 Å². The van der Waals surface area contributed by atoms with Crippen molar-refractivity contribution in [2.24, 2.45) is 5.92 Å². The van der Waals surface area contributed by atoms with Gasteiger partial charge in [0.1, 0.15) is 11.5 Å². The molecule has 19 heavy (non-hydrogen) atoms. The Bertz CT molecular complexity index is 443. The summed E-state index contributed by atoms with van der Waals surface area (Å²) in [5.74, 6) is -1.34. The molecule has 3 nitrogen and oxygen atoms in total. The maximum Gasteiger partial charge on any atom is 0.324 e. The summed E-state index contributed by atoms with van der Waals surface area (Å²) in [6, 6.07) is 1.97. The number of esters is 1. The number of ether oxygens (including phenoxy) is 1. The highest BCUT2D eigenvalue weighted by atomic mass is 35.5. The molecule has 104 valence electrons. The summed E-state index contributed by atoms with van der Waals surface area (Å²) in [4.78, 5) is 11.9. The molecule has 5 heteroatoms. The number of alkyl halides is 2. The molecule has 1 aliphatic rings. The van der Waals surface area contributed by atoms with Crippen LogP contribution in [-0.4, -0.2) is 22.3 Å². The Kier molecular flexibility index (Phi) is 5.46. The Morgan fingerprint density at radius 3 is 2.58 bits per heavy atom. The van der Waals surface area contributed by atoms with Crippen LogP contribution in [0, 0.1) is 17.2 Å². The Hall–Kier alpha value is -0.980. The third-order valence-corrected chi connectivity index (χ3v) is 3.40. The van der Waals surface area contributed by atoms with E-state index in [1.54, 1.807) is 39.0 Å². The highest BCUT2D eigenvalue weighted by Crippen LogP contribution is 2.25. The molecule has 0 aliphatic heterocycles. The van der Waals surface area contributed by atoms with Gasteiger partial charge < -0.3 is 4.74 Å². The summed E-state index contributed by atoms with van der Waals surface area (Å²) < 4.78 is 5.21. The molecule has 0 amide bonds. The van der Waals surface area contributed by atoms with E-state index in [0.717, 1.165) is 5.57 Å². The Balaban J connectivity index is 2.69. The monoisotopic (exact) mass is 301 g/mol. The molecule has 0 saturated carbocycles. The van der Waals surface area contributed by atoms with Crippen molar-refractivity contribution < 1.29 is 9.53 Å². The van der Waals surface area contributed by atoms with Crippen molar-refractivity contribution >= 4 is 29.2 Å². The maximum absolute atomic E-state index is 11.9. The quantitative estimate of drug-likeness (QED) is 0.591. The topological polar surface area (TPSA) is 50.1 Å². The van der Waals surface area contributed by atoms with Crippen molar-refractivity contribution in [3.63, 3.8) is 0 Å². The summed E-state index contributed by atoms with van der Waals surface area (Å²) >= 11 is 11.9. The van der Waals surface area contributed by atoms with Gasteiger partial charge in [-0.2, -0.15) is 5.26 Å². The summed E-state index contributed by atoms with van der Waals surface area (Å²) in [5.41, 5.74) is 0.230. The zero-order chi connectivity index (χ0) is 14.6. The molecular weight excluding hydrogens is 285 g/mol. The van der Waals surface area contributed by atoms with Gasteiger partial charge in [0.05, 0.1) is 16.8 Å². The van der Waals surface area contributed by atoms with E-state index in [2.05, 4.69) is 0 Å². The van der Waals surface area contributed by atoms with Crippen molar-refractivity contribution in [2.45, 2.75) is 43.5 Å². The minimum atomic E-state index is -0.828. The lowest BCUT2D eigenvalue weighted by Crippen LogP contribution is -2.28. The zero-order valence-electron chi connectivity index (χ0n) is 11.2. The van der Waals surface area contributed by atoms with Crippen molar-refractivity contribution in [3.05, 3.63) is 23.8 Å². The molecule has 3 atom stereocenters. The molecular formula is C14H17Cl2NO2. The summed E-state index contributed by atoms with van der Waals surface area (Å²) in [7, 11) is 0. The van der Waals surface area contributed by atoms with Gasteiger partial charge in [0.25, 0.3) is 0 Å². The van der Waals surface area contributed by atoms with E-state index < -0.39 is 17.5 Å². The van der Waals surface area contributed by atoms with Gasteiger partial charge in [0, 0.05) is 0 Å². The van der Waals surface area contributed by atoms with E-state index in [9.17, 15) is 4.79 Å². The highest BCUT2D eigenvalue weighted by Gasteiger charge is 2.26. The first kappa shape index (κ1) is 16.1. The number of halogens is 2. The fraction of sp³-hybridized carbons (Fsp3) is 0.571. The van der Waals surface area contributed by atoms with Crippen LogP contribution in [0.3, 0.4) is 0 Å². The number of nitriles is 1. The van der Waals surface area contributed by atoms with E-state index in [0.29, 0.717) is 0 Å².